The highest BCUT2D eigenvalue weighted by molar-refractivity contribution is 5.86. The maximum atomic E-state index is 5.60. The molecule has 140 valence electrons. The number of fused-ring (bicyclic) bond motifs is 1. The summed E-state index contributed by atoms with van der Waals surface area (Å²) >= 11 is 0. The lowest BCUT2D eigenvalue weighted by Crippen LogP contribution is -2.33. The van der Waals surface area contributed by atoms with Gasteiger partial charge in [0.05, 0.1) is 7.11 Å². The van der Waals surface area contributed by atoms with Crippen LogP contribution in [-0.2, 0) is 6.54 Å². The Hall–Kier alpha value is -2.32. The number of nitrogens with one attached hydrogen (secondary N) is 1. The van der Waals surface area contributed by atoms with Crippen molar-refractivity contribution in [2.45, 2.75) is 51.1 Å². The summed E-state index contributed by atoms with van der Waals surface area (Å²) in [5.41, 5.74) is 4.18. The molecule has 4 rings (SSSR count). The molecular formula is C25H29NO. The second-order valence-corrected chi connectivity index (χ2v) is 7.75. The van der Waals surface area contributed by atoms with Crippen molar-refractivity contribution in [1.29, 1.82) is 0 Å². The summed E-state index contributed by atoms with van der Waals surface area (Å²) in [4.78, 5) is 0. The molecule has 0 saturated heterocycles. The summed E-state index contributed by atoms with van der Waals surface area (Å²) in [6.07, 6.45) is 4.98. The molecule has 1 fully saturated rings. The second kappa shape index (κ2) is 8.14. The maximum Gasteiger partial charge on any atom is 0.122 e. The van der Waals surface area contributed by atoms with Gasteiger partial charge in [0.2, 0.25) is 0 Å². The van der Waals surface area contributed by atoms with Crippen LogP contribution in [0.5, 0.6) is 5.75 Å². The Labute approximate surface area is 162 Å². The Balaban J connectivity index is 1.45. The van der Waals surface area contributed by atoms with E-state index in [1.807, 2.05) is 0 Å². The predicted molar refractivity (Wildman–Crippen MR) is 114 cm³/mol. The van der Waals surface area contributed by atoms with E-state index in [1.165, 1.54) is 53.1 Å². The fraction of sp³-hybridized carbons (Fsp3) is 0.360. The Bertz CT molecular complexity index is 917. The van der Waals surface area contributed by atoms with Crippen molar-refractivity contribution in [3.8, 4) is 5.75 Å². The van der Waals surface area contributed by atoms with Gasteiger partial charge in [-0.3, -0.25) is 0 Å². The van der Waals surface area contributed by atoms with Gasteiger partial charge in [-0.15, -0.1) is 0 Å². The minimum atomic E-state index is 0.569. The number of aryl methyl sites for hydroxylation is 1. The molecule has 2 atom stereocenters. The van der Waals surface area contributed by atoms with E-state index >= 15 is 0 Å². The van der Waals surface area contributed by atoms with Crippen molar-refractivity contribution in [2.24, 2.45) is 0 Å². The maximum absolute atomic E-state index is 5.60. The van der Waals surface area contributed by atoms with Crippen LogP contribution in [0.3, 0.4) is 0 Å². The van der Waals surface area contributed by atoms with Gasteiger partial charge in [0, 0.05) is 12.6 Å². The first-order valence-electron chi connectivity index (χ1n) is 10.1. The SMILES string of the molecule is COc1ccccc1C1CCCC(NCc2ccc3ccccc3c2C)C1. The number of hydrogen-bond acceptors (Lipinski definition) is 2. The van der Waals surface area contributed by atoms with Crippen molar-refractivity contribution in [1.82, 2.24) is 5.32 Å². The molecule has 27 heavy (non-hydrogen) atoms. The van der Waals surface area contributed by atoms with Crippen LogP contribution in [0.15, 0.2) is 60.7 Å². The summed E-state index contributed by atoms with van der Waals surface area (Å²) in [6, 6.07) is 22.3. The van der Waals surface area contributed by atoms with E-state index in [4.69, 9.17) is 4.74 Å². The zero-order valence-corrected chi connectivity index (χ0v) is 16.4. The van der Waals surface area contributed by atoms with E-state index in [9.17, 15) is 0 Å². The highest BCUT2D eigenvalue weighted by Crippen LogP contribution is 2.37. The molecule has 0 aliphatic heterocycles. The summed E-state index contributed by atoms with van der Waals surface area (Å²) in [7, 11) is 1.78. The lowest BCUT2D eigenvalue weighted by atomic mass is 9.81. The molecule has 3 aromatic carbocycles. The van der Waals surface area contributed by atoms with Crippen LogP contribution in [-0.4, -0.2) is 13.2 Å². The zero-order chi connectivity index (χ0) is 18.6. The number of hydrogen-bond donors (Lipinski definition) is 1. The summed E-state index contributed by atoms with van der Waals surface area (Å²) in [5.74, 6) is 1.62. The number of methoxy groups -OCH3 is 1. The fourth-order valence-corrected chi connectivity index (χ4v) is 4.58. The van der Waals surface area contributed by atoms with Gasteiger partial charge in [-0.2, -0.15) is 0 Å². The third-order valence-electron chi connectivity index (χ3n) is 6.14. The van der Waals surface area contributed by atoms with E-state index in [0.717, 1.165) is 12.3 Å². The third-order valence-corrected chi connectivity index (χ3v) is 6.14. The number of ether oxygens (including phenoxy) is 1. The molecule has 1 N–H and O–H groups in total. The van der Waals surface area contributed by atoms with Crippen LogP contribution in [0, 0.1) is 6.92 Å². The number of rotatable bonds is 5. The second-order valence-electron chi connectivity index (χ2n) is 7.75. The normalized spacial score (nSPS) is 19.9. The average Bonchev–Trinajstić information content (AvgIpc) is 2.73. The molecule has 0 amide bonds. The van der Waals surface area contributed by atoms with Gasteiger partial charge in [-0.05, 0) is 65.6 Å². The molecular weight excluding hydrogens is 330 g/mol. The molecule has 1 aliphatic rings. The van der Waals surface area contributed by atoms with Crippen LogP contribution in [0.25, 0.3) is 10.8 Å². The van der Waals surface area contributed by atoms with E-state index < -0.39 is 0 Å². The molecule has 1 saturated carbocycles. The van der Waals surface area contributed by atoms with Crippen LogP contribution >= 0.6 is 0 Å². The van der Waals surface area contributed by atoms with Gasteiger partial charge < -0.3 is 10.1 Å². The Morgan fingerprint density at radius 3 is 2.67 bits per heavy atom. The Morgan fingerprint density at radius 2 is 1.78 bits per heavy atom. The summed E-state index contributed by atoms with van der Waals surface area (Å²) < 4.78 is 5.60. The molecule has 0 bridgehead atoms. The smallest absolute Gasteiger partial charge is 0.122 e. The fourth-order valence-electron chi connectivity index (χ4n) is 4.58. The van der Waals surface area contributed by atoms with Gasteiger partial charge in [0.25, 0.3) is 0 Å². The largest absolute Gasteiger partial charge is 0.496 e. The van der Waals surface area contributed by atoms with Crippen molar-refractivity contribution in [2.75, 3.05) is 7.11 Å². The first-order valence-corrected chi connectivity index (χ1v) is 10.1. The Kier molecular flexibility index (Phi) is 5.45. The highest BCUT2D eigenvalue weighted by Gasteiger charge is 2.25. The van der Waals surface area contributed by atoms with E-state index in [0.29, 0.717) is 12.0 Å². The third kappa shape index (κ3) is 3.86. The highest BCUT2D eigenvalue weighted by atomic mass is 16.5. The molecule has 1 aliphatic carbocycles. The van der Waals surface area contributed by atoms with Gasteiger partial charge in [-0.25, -0.2) is 0 Å². The molecule has 2 heteroatoms. The van der Waals surface area contributed by atoms with E-state index in [-0.39, 0.29) is 0 Å². The van der Waals surface area contributed by atoms with Crippen molar-refractivity contribution in [3.05, 3.63) is 77.4 Å². The van der Waals surface area contributed by atoms with Crippen molar-refractivity contribution < 1.29 is 4.74 Å². The molecule has 3 aromatic rings. The van der Waals surface area contributed by atoms with Crippen LogP contribution < -0.4 is 10.1 Å². The number of para-hydroxylation sites is 1. The lowest BCUT2D eigenvalue weighted by molar-refractivity contribution is 0.328. The molecule has 2 unspecified atom stereocenters. The van der Waals surface area contributed by atoms with E-state index in [2.05, 4.69) is 72.9 Å². The summed E-state index contributed by atoms with van der Waals surface area (Å²) in [5, 5.41) is 6.53. The lowest BCUT2D eigenvalue weighted by Gasteiger charge is -2.31. The van der Waals surface area contributed by atoms with E-state index in [1.54, 1.807) is 7.11 Å². The standard InChI is InChI=1S/C25H29NO/c1-18-21(15-14-19-8-3-4-11-23(18)19)17-26-22-10-7-9-20(16-22)24-12-5-6-13-25(24)27-2/h3-6,8,11-15,20,22,26H,7,9-10,16-17H2,1-2H3. The minimum Gasteiger partial charge on any atom is -0.496 e. The molecule has 0 aromatic heterocycles. The predicted octanol–water partition coefficient (Wildman–Crippen LogP) is 5.97. The van der Waals surface area contributed by atoms with Crippen LogP contribution in [0.1, 0.15) is 48.3 Å². The van der Waals surface area contributed by atoms with Gasteiger partial charge >= 0.3 is 0 Å². The molecule has 0 spiro atoms. The topological polar surface area (TPSA) is 21.3 Å². The monoisotopic (exact) mass is 359 g/mol. The van der Waals surface area contributed by atoms with Crippen molar-refractivity contribution in [3.63, 3.8) is 0 Å². The van der Waals surface area contributed by atoms with Crippen LogP contribution in [0.2, 0.25) is 0 Å². The molecule has 0 radical (unpaired) electrons. The van der Waals surface area contributed by atoms with Gasteiger partial charge in [0.1, 0.15) is 5.75 Å². The average molecular weight is 360 g/mol. The number of benzene rings is 3. The first-order chi connectivity index (χ1) is 13.3. The van der Waals surface area contributed by atoms with Gasteiger partial charge in [0.15, 0.2) is 0 Å². The van der Waals surface area contributed by atoms with Crippen LogP contribution in [0.4, 0.5) is 0 Å². The first kappa shape index (κ1) is 18.1. The molecule has 0 heterocycles. The Morgan fingerprint density at radius 1 is 0.963 bits per heavy atom. The summed E-state index contributed by atoms with van der Waals surface area (Å²) in [6.45, 7) is 3.19. The van der Waals surface area contributed by atoms with Gasteiger partial charge in [-0.1, -0.05) is 61.0 Å². The minimum absolute atomic E-state index is 0.569. The quantitative estimate of drug-likeness (QED) is 0.606. The zero-order valence-electron chi connectivity index (χ0n) is 16.4. The van der Waals surface area contributed by atoms with Crippen molar-refractivity contribution >= 4 is 10.8 Å². The molecule has 2 nitrogen and oxygen atoms in total.